The average molecular weight is 522 g/mol. The smallest absolute Gasteiger partial charge is 0.194 e. The highest BCUT2D eigenvalue weighted by atomic mass is 127. The number of aromatic nitrogens is 1. The molecule has 0 spiro atoms. The molecule has 0 aromatic carbocycles. The molecule has 168 valence electrons. The summed E-state index contributed by atoms with van der Waals surface area (Å²) in [5.74, 6) is 2.24. The van der Waals surface area contributed by atoms with Gasteiger partial charge in [0.25, 0.3) is 0 Å². The molecular weight excluding hydrogens is 483 g/mol. The van der Waals surface area contributed by atoms with Gasteiger partial charge in [-0.2, -0.15) is 0 Å². The van der Waals surface area contributed by atoms with Crippen LogP contribution < -0.4 is 5.32 Å². The summed E-state index contributed by atoms with van der Waals surface area (Å²) in [6.45, 7) is 11.3. The predicted molar refractivity (Wildman–Crippen MR) is 127 cm³/mol. The molecule has 1 saturated heterocycles. The molecular formula is C21H39IN4O3. The van der Waals surface area contributed by atoms with Crippen LogP contribution in [0.2, 0.25) is 0 Å². The third-order valence-electron chi connectivity index (χ3n) is 5.29. The van der Waals surface area contributed by atoms with E-state index in [1.165, 1.54) is 0 Å². The standard InChI is InChI=1S/C21H38N4O3.HI/c1-5-17(6-2)20-15-19(28-24-20)16-23-21(22-7-3)25-11-9-18(10-12-25)27-14-8-13-26-4;/h15,17-18H,5-14,16H2,1-4H3,(H,22,23);1H. The maximum atomic E-state index is 5.96. The summed E-state index contributed by atoms with van der Waals surface area (Å²) in [4.78, 5) is 7.10. The molecule has 0 atom stereocenters. The van der Waals surface area contributed by atoms with Gasteiger partial charge in [-0.05, 0) is 39.0 Å². The second-order valence-corrected chi connectivity index (χ2v) is 7.31. The Hall–Kier alpha value is -0.870. The summed E-state index contributed by atoms with van der Waals surface area (Å²) in [5, 5.41) is 7.65. The van der Waals surface area contributed by atoms with E-state index in [9.17, 15) is 0 Å². The molecule has 7 nitrogen and oxygen atoms in total. The zero-order valence-electron chi connectivity index (χ0n) is 18.5. The van der Waals surface area contributed by atoms with Crippen LogP contribution in [0.25, 0.3) is 0 Å². The maximum absolute atomic E-state index is 5.96. The number of hydrogen-bond donors (Lipinski definition) is 1. The highest BCUT2D eigenvalue weighted by molar-refractivity contribution is 14.0. The zero-order chi connectivity index (χ0) is 20.2. The van der Waals surface area contributed by atoms with Crippen LogP contribution >= 0.6 is 24.0 Å². The topological polar surface area (TPSA) is 72.1 Å². The van der Waals surface area contributed by atoms with Crippen molar-refractivity contribution in [3.8, 4) is 0 Å². The summed E-state index contributed by atoms with van der Waals surface area (Å²) in [5.41, 5.74) is 1.05. The highest BCUT2D eigenvalue weighted by Crippen LogP contribution is 2.22. The van der Waals surface area contributed by atoms with Crippen molar-refractivity contribution in [3.05, 3.63) is 17.5 Å². The molecule has 0 saturated carbocycles. The SMILES string of the molecule is CCNC(=NCc1cc(C(CC)CC)no1)N1CCC(OCCCOC)CC1.I. The molecule has 29 heavy (non-hydrogen) atoms. The number of halogens is 1. The van der Waals surface area contributed by atoms with Gasteiger partial charge < -0.3 is 24.2 Å². The fourth-order valence-electron chi connectivity index (χ4n) is 3.57. The van der Waals surface area contributed by atoms with Crippen molar-refractivity contribution >= 4 is 29.9 Å². The Kier molecular flexibility index (Phi) is 13.5. The van der Waals surface area contributed by atoms with E-state index in [1.807, 2.05) is 0 Å². The fourth-order valence-corrected chi connectivity index (χ4v) is 3.57. The van der Waals surface area contributed by atoms with E-state index in [-0.39, 0.29) is 24.0 Å². The molecule has 1 aromatic heterocycles. The number of hydrogen-bond acceptors (Lipinski definition) is 5. The molecule has 2 heterocycles. The first-order chi connectivity index (χ1) is 13.7. The van der Waals surface area contributed by atoms with Gasteiger partial charge >= 0.3 is 0 Å². The number of piperidine rings is 1. The van der Waals surface area contributed by atoms with E-state index in [0.29, 0.717) is 18.6 Å². The van der Waals surface area contributed by atoms with Crippen LogP contribution in [0, 0.1) is 0 Å². The van der Waals surface area contributed by atoms with Gasteiger partial charge in [0.05, 0.1) is 11.8 Å². The molecule has 1 aromatic rings. The average Bonchev–Trinajstić information content (AvgIpc) is 3.19. The Morgan fingerprint density at radius 2 is 2.00 bits per heavy atom. The molecule has 8 heteroatoms. The Bertz CT molecular complexity index is 570. The number of methoxy groups -OCH3 is 1. The van der Waals surface area contributed by atoms with Crippen LogP contribution in [0.15, 0.2) is 15.6 Å². The third kappa shape index (κ3) is 8.80. The lowest BCUT2D eigenvalue weighted by molar-refractivity contribution is 0.00989. The van der Waals surface area contributed by atoms with E-state index in [0.717, 1.165) is 82.4 Å². The summed E-state index contributed by atoms with van der Waals surface area (Å²) in [6, 6.07) is 2.06. The van der Waals surface area contributed by atoms with Crippen molar-refractivity contribution in [2.75, 3.05) is 40.0 Å². The van der Waals surface area contributed by atoms with Crippen molar-refractivity contribution in [2.24, 2.45) is 4.99 Å². The van der Waals surface area contributed by atoms with Gasteiger partial charge in [0.1, 0.15) is 6.54 Å². The minimum atomic E-state index is 0. The lowest BCUT2D eigenvalue weighted by Crippen LogP contribution is -2.47. The van der Waals surface area contributed by atoms with Gasteiger partial charge in [-0.3, -0.25) is 0 Å². The second-order valence-electron chi connectivity index (χ2n) is 7.31. The van der Waals surface area contributed by atoms with Crippen molar-refractivity contribution in [1.29, 1.82) is 0 Å². The van der Waals surface area contributed by atoms with E-state index in [1.54, 1.807) is 7.11 Å². The van der Waals surface area contributed by atoms with Crippen molar-refractivity contribution in [3.63, 3.8) is 0 Å². The molecule has 0 radical (unpaired) electrons. The van der Waals surface area contributed by atoms with E-state index >= 15 is 0 Å². The number of aliphatic imine (C=N–C) groups is 1. The molecule has 0 aliphatic carbocycles. The first-order valence-electron chi connectivity index (χ1n) is 10.8. The first-order valence-corrected chi connectivity index (χ1v) is 10.8. The largest absolute Gasteiger partial charge is 0.385 e. The number of likely N-dealkylation sites (tertiary alicyclic amines) is 1. The van der Waals surface area contributed by atoms with Crippen molar-refractivity contribution in [1.82, 2.24) is 15.4 Å². The quantitative estimate of drug-likeness (QED) is 0.204. The Morgan fingerprint density at radius 3 is 2.62 bits per heavy atom. The van der Waals surface area contributed by atoms with Crippen molar-refractivity contribution < 1.29 is 14.0 Å². The first kappa shape index (κ1) is 26.2. The third-order valence-corrected chi connectivity index (χ3v) is 5.29. The second kappa shape index (κ2) is 15.0. The number of nitrogens with one attached hydrogen (secondary N) is 1. The molecule has 2 rings (SSSR count). The lowest BCUT2D eigenvalue weighted by Gasteiger charge is -2.34. The summed E-state index contributed by atoms with van der Waals surface area (Å²) >= 11 is 0. The Morgan fingerprint density at radius 1 is 1.28 bits per heavy atom. The van der Waals surface area contributed by atoms with Gasteiger partial charge in [0, 0.05) is 51.9 Å². The highest BCUT2D eigenvalue weighted by Gasteiger charge is 2.22. The van der Waals surface area contributed by atoms with Crippen LogP contribution in [0.1, 0.15) is 70.2 Å². The van der Waals surface area contributed by atoms with Crippen LogP contribution in [-0.4, -0.2) is 62.1 Å². The van der Waals surface area contributed by atoms with Crippen LogP contribution in [-0.2, 0) is 16.0 Å². The van der Waals surface area contributed by atoms with Crippen LogP contribution in [0.4, 0.5) is 0 Å². The summed E-state index contributed by atoms with van der Waals surface area (Å²) < 4.78 is 16.5. The molecule has 0 unspecified atom stereocenters. The Labute approximate surface area is 193 Å². The molecule has 0 bridgehead atoms. The van der Waals surface area contributed by atoms with Gasteiger partial charge in [-0.15, -0.1) is 24.0 Å². The van der Waals surface area contributed by atoms with E-state index in [2.05, 4.69) is 42.2 Å². The maximum Gasteiger partial charge on any atom is 0.194 e. The molecule has 1 fully saturated rings. The van der Waals surface area contributed by atoms with Gasteiger partial charge in [0.15, 0.2) is 11.7 Å². The van der Waals surface area contributed by atoms with Gasteiger partial charge in [-0.1, -0.05) is 19.0 Å². The molecule has 1 aliphatic heterocycles. The number of guanidine groups is 1. The van der Waals surface area contributed by atoms with Crippen LogP contribution in [0.5, 0.6) is 0 Å². The molecule has 0 amide bonds. The normalized spacial score (nSPS) is 15.6. The minimum absolute atomic E-state index is 0. The number of rotatable bonds is 11. The van der Waals surface area contributed by atoms with E-state index in [4.69, 9.17) is 19.0 Å². The summed E-state index contributed by atoms with van der Waals surface area (Å²) in [7, 11) is 1.73. The van der Waals surface area contributed by atoms with Gasteiger partial charge in [-0.25, -0.2) is 4.99 Å². The fraction of sp³-hybridized carbons (Fsp3) is 0.810. The molecule has 1 aliphatic rings. The monoisotopic (exact) mass is 522 g/mol. The predicted octanol–water partition coefficient (Wildman–Crippen LogP) is 4.18. The van der Waals surface area contributed by atoms with Crippen molar-refractivity contribution in [2.45, 2.75) is 71.4 Å². The lowest BCUT2D eigenvalue weighted by atomic mass is 9.99. The van der Waals surface area contributed by atoms with E-state index < -0.39 is 0 Å². The summed E-state index contributed by atoms with van der Waals surface area (Å²) in [6.07, 6.45) is 5.51. The zero-order valence-corrected chi connectivity index (χ0v) is 20.8. The number of ether oxygens (including phenoxy) is 2. The van der Waals surface area contributed by atoms with Gasteiger partial charge in [0.2, 0.25) is 0 Å². The number of nitrogens with zero attached hydrogens (tertiary/aromatic N) is 3. The Balaban J connectivity index is 0.00000420. The molecule has 1 N–H and O–H groups in total. The minimum Gasteiger partial charge on any atom is -0.385 e. The van der Waals surface area contributed by atoms with Crippen LogP contribution in [0.3, 0.4) is 0 Å².